The normalized spacial score (nSPS) is 14.5. The second kappa shape index (κ2) is 8.21. The van der Waals surface area contributed by atoms with E-state index in [0.717, 1.165) is 18.6 Å². The fourth-order valence-corrected chi connectivity index (χ4v) is 2.35. The summed E-state index contributed by atoms with van der Waals surface area (Å²) in [5, 5.41) is 2.76. The van der Waals surface area contributed by atoms with Crippen LogP contribution in [0.15, 0.2) is 24.3 Å². The molecule has 1 aromatic rings. The lowest BCUT2D eigenvalue weighted by molar-refractivity contribution is -0.137. The molecule has 0 aromatic heterocycles. The molecule has 0 aliphatic heterocycles. The van der Waals surface area contributed by atoms with Crippen LogP contribution in [0.2, 0.25) is 0 Å². The van der Waals surface area contributed by atoms with Crippen molar-refractivity contribution in [2.24, 2.45) is 5.73 Å². The maximum Gasteiger partial charge on any atom is 0.416 e. The zero-order valence-corrected chi connectivity index (χ0v) is 15.3. The molecular formula is C17H26ClF3N2O. The molecule has 3 N–H and O–H groups in total. The third kappa shape index (κ3) is 5.98. The Bertz CT molecular complexity index is 557. The summed E-state index contributed by atoms with van der Waals surface area (Å²) in [6, 6.07) is 5.18. The quantitative estimate of drug-likeness (QED) is 0.798. The summed E-state index contributed by atoms with van der Waals surface area (Å²) in [5.41, 5.74) is 4.17. The monoisotopic (exact) mass is 366 g/mol. The highest BCUT2D eigenvalue weighted by atomic mass is 35.5. The largest absolute Gasteiger partial charge is 0.416 e. The van der Waals surface area contributed by atoms with Crippen LogP contribution in [-0.4, -0.2) is 18.0 Å². The Labute approximate surface area is 147 Å². The van der Waals surface area contributed by atoms with Gasteiger partial charge >= 0.3 is 6.18 Å². The molecule has 1 atom stereocenters. The fourth-order valence-electron chi connectivity index (χ4n) is 2.35. The molecule has 1 rings (SSSR count). The second-order valence-electron chi connectivity index (χ2n) is 6.81. The van der Waals surface area contributed by atoms with E-state index >= 15 is 0 Å². The van der Waals surface area contributed by atoms with Gasteiger partial charge in [0.15, 0.2) is 0 Å². The highest BCUT2D eigenvalue weighted by Crippen LogP contribution is 2.32. The molecule has 7 heteroatoms. The highest BCUT2D eigenvalue weighted by molar-refractivity contribution is 5.85. The maximum absolute atomic E-state index is 12.8. The van der Waals surface area contributed by atoms with Crippen molar-refractivity contribution in [2.75, 3.05) is 6.54 Å². The van der Waals surface area contributed by atoms with E-state index in [0.29, 0.717) is 12.0 Å². The molecular weight excluding hydrogens is 341 g/mol. The SMILES string of the molecule is CCCC(C)(N)C(=O)NCC(C)(C)c1cccc(C(F)(F)F)c1.Cl. The van der Waals surface area contributed by atoms with Gasteiger partial charge in [0.1, 0.15) is 0 Å². The minimum atomic E-state index is -4.38. The van der Waals surface area contributed by atoms with E-state index in [-0.39, 0.29) is 24.9 Å². The molecule has 1 aromatic carbocycles. The number of nitrogens with one attached hydrogen (secondary N) is 1. The molecule has 0 radical (unpaired) electrons. The van der Waals surface area contributed by atoms with Gasteiger partial charge in [0, 0.05) is 12.0 Å². The Kier molecular flexibility index (Phi) is 7.77. The van der Waals surface area contributed by atoms with E-state index in [9.17, 15) is 18.0 Å². The molecule has 24 heavy (non-hydrogen) atoms. The van der Waals surface area contributed by atoms with Crippen LogP contribution in [0.25, 0.3) is 0 Å². The lowest BCUT2D eigenvalue weighted by Crippen LogP contribution is -2.53. The molecule has 1 amide bonds. The number of halogens is 4. The zero-order valence-electron chi connectivity index (χ0n) is 14.5. The number of rotatable bonds is 6. The van der Waals surface area contributed by atoms with Crippen molar-refractivity contribution in [3.8, 4) is 0 Å². The smallest absolute Gasteiger partial charge is 0.354 e. The number of hydrogen-bond donors (Lipinski definition) is 2. The van der Waals surface area contributed by atoms with Gasteiger partial charge < -0.3 is 11.1 Å². The summed E-state index contributed by atoms with van der Waals surface area (Å²) < 4.78 is 38.5. The third-order valence-corrected chi connectivity index (χ3v) is 3.95. The van der Waals surface area contributed by atoms with Crippen molar-refractivity contribution in [2.45, 2.75) is 57.7 Å². The number of carbonyl (C=O) groups is 1. The van der Waals surface area contributed by atoms with Crippen LogP contribution in [0.5, 0.6) is 0 Å². The summed E-state index contributed by atoms with van der Waals surface area (Å²) in [7, 11) is 0. The highest BCUT2D eigenvalue weighted by Gasteiger charge is 2.33. The van der Waals surface area contributed by atoms with Crippen LogP contribution in [0.4, 0.5) is 13.2 Å². The number of benzene rings is 1. The Balaban J connectivity index is 0.00000529. The summed E-state index contributed by atoms with van der Waals surface area (Å²) in [5.74, 6) is -0.292. The van der Waals surface area contributed by atoms with E-state index in [1.54, 1.807) is 26.8 Å². The minimum Gasteiger partial charge on any atom is -0.354 e. The second-order valence-corrected chi connectivity index (χ2v) is 6.81. The van der Waals surface area contributed by atoms with E-state index in [1.165, 1.54) is 6.07 Å². The van der Waals surface area contributed by atoms with Crippen LogP contribution in [-0.2, 0) is 16.4 Å². The molecule has 0 spiro atoms. The Hall–Kier alpha value is -1.27. The predicted octanol–water partition coefficient (Wildman–Crippen LogP) is 4.04. The Morgan fingerprint density at radius 2 is 1.71 bits per heavy atom. The van der Waals surface area contributed by atoms with Gasteiger partial charge in [-0.1, -0.05) is 45.4 Å². The summed E-state index contributed by atoms with van der Waals surface area (Å²) in [4.78, 5) is 12.1. The molecule has 0 saturated carbocycles. The van der Waals surface area contributed by atoms with Gasteiger partial charge in [-0.2, -0.15) is 13.2 Å². The topological polar surface area (TPSA) is 55.1 Å². The first-order valence-corrected chi connectivity index (χ1v) is 7.65. The molecule has 0 aliphatic rings. The van der Waals surface area contributed by atoms with Gasteiger partial charge in [0.2, 0.25) is 5.91 Å². The van der Waals surface area contributed by atoms with Crippen LogP contribution in [0.3, 0.4) is 0 Å². The molecule has 0 aliphatic carbocycles. The van der Waals surface area contributed by atoms with Crippen LogP contribution in [0, 0.1) is 0 Å². The van der Waals surface area contributed by atoms with Crippen molar-refractivity contribution < 1.29 is 18.0 Å². The first-order chi connectivity index (χ1) is 10.4. The van der Waals surface area contributed by atoms with Crippen molar-refractivity contribution in [3.05, 3.63) is 35.4 Å². The predicted molar refractivity (Wildman–Crippen MR) is 92.2 cm³/mol. The fraction of sp³-hybridized carbons (Fsp3) is 0.588. The number of hydrogen-bond acceptors (Lipinski definition) is 2. The molecule has 0 saturated heterocycles. The van der Waals surface area contributed by atoms with Gasteiger partial charge in [-0.3, -0.25) is 4.79 Å². The molecule has 1 unspecified atom stereocenters. The molecule has 3 nitrogen and oxygen atoms in total. The van der Waals surface area contributed by atoms with Gasteiger partial charge in [-0.25, -0.2) is 0 Å². The Morgan fingerprint density at radius 3 is 2.21 bits per heavy atom. The van der Waals surface area contributed by atoms with Gasteiger partial charge in [0.05, 0.1) is 11.1 Å². The average molecular weight is 367 g/mol. The number of carbonyl (C=O) groups excluding carboxylic acids is 1. The third-order valence-electron chi connectivity index (χ3n) is 3.95. The molecule has 0 bridgehead atoms. The lowest BCUT2D eigenvalue weighted by Gasteiger charge is -2.29. The summed E-state index contributed by atoms with van der Waals surface area (Å²) in [6.45, 7) is 7.38. The van der Waals surface area contributed by atoms with Gasteiger partial charge in [0.25, 0.3) is 0 Å². The number of alkyl halides is 3. The molecule has 138 valence electrons. The first kappa shape index (κ1) is 22.7. The van der Waals surface area contributed by atoms with Gasteiger partial charge in [-0.05, 0) is 25.0 Å². The van der Waals surface area contributed by atoms with E-state index in [2.05, 4.69) is 5.32 Å². The van der Waals surface area contributed by atoms with Gasteiger partial charge in [-0.15, -0.1) is 12.4 Å². The van der Waals surface area contributed by atoms with Crippen molar-refractivity contribution in [1.82, 2.24) is 5.32 Å². The zero-order chi connectivity index (χ0) is 17.9. The minimum absolute atomic E-state index is 0. The van der Waals surface area contributed by atoms with Crippen LogP contribution in [0.1, 0.15) is 51.7 Å². The van der Waals surface area contributed by atoms with E-state index < -0.39 is 22.7 Å². The first-order valence-electron chi connectivity index (χ1n) is 7.65. The van der Waals surface area contributed by atoms with Crippen molar-refractivity contribution in [1.29, 1.82) is 0 Å². The van der Waals surface area contributed by atoms with Crippen molar-refractivity contribution in [3.63, 3.8) is 0 Å². The van der Waals surface area contributed by atoms with Crippen LogP contribution < -0.4 is 11.1 Å². The number of nitrogens with two attached hydrogens (primary N) is 1. The summed E-state index contributed by atoms with van der Waals surface area (Å²) >= 11 is 0. The lowest BCUT2D eigenvalue weighted by atomic mass is 9.83. The maximum atomic E-state index is 12.8. The summed E-state index contributed by atoms with van der Waals surface area (Å²) in [6.07, 6.45) is -3.06. The average Bonchev–Trinajstić information content (AvgIpc) is 2.44. The van der Waals surface area contributed by atoms with E-state index in [4.69, 9.17) is 5.73 Å². The molecule has 0 fully saturated rings. The van der Waals surface area contributed by atoms with Crippen LogP contribution >= 0.6 is 12.4 Å². The van der Waals surface area contributed by atoms with E-state index in [1.807, 2.05) is 6.92 Å². The van der Waals surface area contributed by atoms with Crippen molar-refractivity contribution >= 4 is 18.3 Å². The Morgan fingerprint density at radius 1 is 1.17 bits per heavy atom. The standard InChI is InChI=1S/C17H25F3N2O.ClH/c1-5-9-16(4,21)14(23)22-11-15(2,3)12-7-6-8-13(10-12)17(18,19)20;/h6-8,10H,5,9,11,21H2,1-4H3,(H,22,23);1H. The number of amides is 1. The molecule has 0 heterocycles.